The highest BCUT2D eigenvalue weighted by Crippen LogP contribution is 2.33. The normalized spacial score (nSPS) is 12.6. The van der Waals surface area contributed by atoms with Crippen LogP contribution < -0.4 is 5.73 Å². The zero-order chi connectivity index (χ0) is 12.4. The second kappa shape index (κ2) is 4.45. The molecule has 1 aromatic carbocycles. The highest BCUT2D eigenvalue weighted by Gasteiger charge is 2.16. The average Bonchev–Trinajstić information content (AvgIpc) is 2.81. The van der Waals surface area contributed by atoms with Gasteiger partial charge in [-0.05, 0) is 18.6 Å². The lowest BCUT2D eigenvalue weighted by atomic mass is 10.1. The van der Waals surface area contributed by atoms with Crippen molar-refractivity contribution in [1.29, 1.82) is 0 Å². The molecule has 0 radical (unpaired) electrons. The number of nitrogens with zero attached hydrogens (tertiary/aromatic N) is 2. The Bertz CT molecular complexity index is 522. The summed E-state index contributed by atoms with van der Waals surface area (Å²) in [6.45, 7) is 4.08. The van der Waals surface area contributed by atoms with Gasteiger partial charge < -0.3 is 15.4 Å². The molecule has 0 aliphatic carbocycles. The van der Waals surface area contributed by atoms with Crippen molar-refractivity contribution >= 4 is 5.69 Å². The van der Waals surface area contributed by atoms with E-state index in [9.17, 15) is 5.11 Å². The molecule has 90 valence electrons. The summed E-state index contributed by atoms with van der Waals surface area (Å²) >= 11 is 0. The van der Waals surface area contributed by atoms with Gasteiger partial charge in [-0.3, -0.25) is 0 Å². The number of phenols is 1. The predicted molar refractivity (Wildman–Crippen MR) is 64.5 cm³/mol. The van der Waals surface area contributed by atoms with Gasteiger partial charge in [0.2, 0.25) is 0 Å². The summed E-state index contributed by atoms with van der Waals surface area (Å²) < 4.78 is 5.13. The van der Waals surface area contributed by atoms with Crippen molar-refractivity contribution in [3.8, 4) is 17.2 Å². The van der Waals surface area contributed by atoms with Gasteiger partial charge in [0.15, 0.2) is 11.6 Å². The Kier molecular flexibility index (Phi) is 2.99. The summed E-state index contributed by atoms with van der Waals surface area (Å²) in [5.74, 6) is 1.15. The van der Waals surface area contributed by atoms with Crippen LogP contribution in [0.3, 0.4) is 0 Å². The van der Waals surface area contributed by atoms with Gasteiger partial charge in [0.05, 0.1) is 11.3 Å². The fraction of sp³-hybridized carbons (Fsp3) is 0.333. The van der Waals surface area contributed by atoms with Crippen LogP contribution in [0.15, 0.2) is 22.7 Å². The summed E-state index contributed by atoms with van der Waals surface area (Å²) in [5, 5.41) is 13.7. The minimum absolute atomic E-state index is 0.0214. The topological polar surface area (TPSA) is 85.2 Å². The average molecular weight is 233 g/mol. The van der Waals surface area contributed by atoms with Gasteiger partial charge in [0.1, 0.15) is 0 Å². The van der Waals surface area contributed by atoms with Gasteiger partial charge in [-0.2, -0.15) is 4.98 Å². The number of aromatic nitrogens is 2. The molecule has 5 nitrogen and oxygen atoms in total. The number of nitrogens with two attached hydrogens (primary N) is 1. The highest BCUT2D eigenvalue weighted by molar-refractivity contribution is 5.71. The van der Waals surface area contributed by atoms with Crippen LogP contribution in [0.4, 0.5) is 5.69 Å². The first kappa shape index (κ1) is 11.4. The second-order valence-electron chi connectivity index (χ2n) is 4.01. The third kappa shape index (κ3) is 2.08. The number of anilines is 1. The van der Waals surface area contributed by atoms with Crippen LogP contribution in [0.2, 0.25) is 0 Å². The molecule has 2 rings (SSSR count). The number of aromatic hydroxyl groups is 1. The van der Waals surface area contributed by atoms with Crippen LogP contribution >= 0.6 is 0 Å². The maximum Gasteiger partial charge on any atom is 0.261 e. The molecule has 2 aromatic rings. The summed E-state index contributed by atoms with van der Waals surface area (Å²) in [4.78, 5) is 4.26. The Labute approximate surface area is 99.3 Å². The second-order valence-corrected chi connectivity index (χ2v) is 4.01. The first-order chi connectivity index (χ1) is 8.13. The number of rotatable bonds is 3. The SMILES string of the molecule is CCC(C)c1noc(-c2cccc(N)c2O)n1. The Hall–Kier alpha value is -2.04. The zero-order valence-corrected chi connectivity index (χ0v) is 9.84. The van der Waals surface area contributed by atoms with Crippen LogP contribution in [-0.4, -0.2) is 15.2 Å². The maximum atomic E-state index is 9.80. The molecule has 0 fully saturated rings. The van der Waals surface area contributed by atoms with E-state index >= 15 is 0 Å². The van der Waals surface area contributed by atoms with Crippen molar-refractivity contribution in [2.45, 2.75) is 26.2 Å². The lowest BCUT2D eigenvalue weighted by Gasteiger charge is -2.02. The molecule has 0 saturated carbocycles. The summed E-state index contributed by atoms with van der Waals surface area (Å²) in [6, 6.07) is 5.04. The highest BCUT2D eigenvalue weighted by atomic mass is 16.5. The minimum atomic E-state index is -0.0214. The van der Waals surface area contributed by atoms with Crippen molar-refractivity contribution in [2.75, 3.05) is 5.73 Å². The Morgan fingerprint density at radius 2 is 2.24 bits per heavy atom. The predicted octanol–water partition coefficient (Wildman–Crippen LogP) is 2.54. The fourth-order valence-electron chi connectivity index (χ4n) is 1.46. The number of phenolic OH excluding ortho intramolecular Hbond substituents is 1. The van der Waals surface area contributed by atoms with Gasteiger partial charge in [0, 0.05) is 5.92 Å². The summed E-state index contributed by atoms with van der Waals surface area (Å²) in [6.07, 6.45) is 0.932. The molecule has 3 N–H and O–H groups in total. The first-order valence-electron chi connectivity index (χ1n) is 5.55. The van der Waals surface area contributed by atoms with Crippen LogP contribution in [0.5, 0.6) is 5.75 Å². The molecule has 1 heterocycles. The molecule has 0 saturated heterocycles. The van der Waals surface area contributed by atoms with Crippen LogP contribution in [0, 0.1) is 0 Å². The Morgan fingerprint density at radius 3 is 2.94 bits per heavy atom. The van der Waals surface area contributed by atoms with Gasteiger partial charge in [0.25, 0.3) is 5.89 Å². The van der Waals surface area contributed by atoms with Gasteiger partial charge in [-0.15, -0.1) is 0 Å². The molecule has 0 bridgehead atoms. The monoisotopic (exact) mass is 233 g/mol. The molecule has 1 unspecified atom stereocenters. The lowest BCUT2D eigenvalue weighted by Crippen LogP contribution is -1.93. The summed E-state index contributed by atoms with van der Waals surface area (Å²) in [7, 11) is 0. The molecular weight excluding hydrogens is 218 g/mol. The Balaban J connectivity index is 2.40. The van der Waals surface area contributed by atoms with Crippen LogP contribution in [0.1, 0.15) is 32.0 Å². The van der Waals surface area contributed by atoms with E-state index in [0.717, 1.165) is 6.42 Å². The molecular formula is C12H15N3O2. The molecule has 0 spiro atoms. The quantitative estimate of drug-likeness (QED) is 0.628. The third-order valence-electron chi connectivity index (χ3n) is 2.79. The van der Waals surface area contributed by atoms with E-state index in [1.807, 2.05) is 6.92 Å². The van der Waals surface area contributed by atoms with Gasteiger partial charge in [-0.1, -0.05) is 25.1 Å². The molecule has 1 aromatic heterocycles. The van der Waals surface area contributed by atoms with Crippen molar-refractivity contribution in [1.82, 2.24) is 10.1 Å². The van der Waals surface area contributed by atoms with Crippen molar-refractivity contribution < 1.29 is 9.63 Å². The van der Waals surface area contributed by atoms with E-state index in [0.29, 0.717) is 23.0 Å². The smallest absolute Gasteiger partial charge is 0.261 e. The van der Waals surface area contributed by atoms with E-state index in [4.69, 9.17) is 10.3 Å². The molecule has 0 aliphatic rings. The molecule has 0 amide bonds. The van der Waals surface area contributed by atoms with Crippen LogP contribution in [-0.2, 0) is 0 Å². The van der Waals surface area contributed by atoms with E-state index in [1.165, 1.54) is 0 Å². The fourth-order valence-corrected chi connectivity index (χ4v) is 1.46. The lowest BCUT2D eigenvalue weighted by molar-refractivity contribution is 0.412. The van der Waals surface area contributed by atoms with E-state index < -0.39 is 0 Å². The number of benzene rings is 1. The number of hydrogen-bond acceptors (Lipinski definition) is 5. The van der Waals surface area contributed by atoms with Crippen LogP contribution in [0.25, 0.3) is 11.5 Å². The largest absolute Gasteiger partial charge is 0.505 e. The molecule has 5 heteroatoms. The van der Waals surface area contributed by atoms with Crippen molar-refractivity contribution in [3.05, 3.63) is 24.0 Å². The molecule has 0 aliphatic heterocycles. The van der Waals surface area contributed by atoms with E-state index in [1.54, 1.807) is 18.2 Å². The third-order valence-corrected chi connectivity index (χ3v) is 2.79. The molecule has 17 heavy (non-hydrogen) atoms. The van der Waals surface area contributed by atoms with E-state index in [2.05, 4.69) is 17.1 Å². The minimum Gasteiger partial charge on any atom is -0.505 e. The number of hydrogen-bond donors (Lipinski definition) is 2. The number of nitrogen functional groups attached to an aromatic ring is 1. The standard InChI is InChI=1S/C12H15N3O2/c1-3-7(2)11-14-12(17-15-11)8-5-4-6-9(13)10(8)16/h4-7,16H,3,13H2,1-2H3. The first-order valence-corrected chi connectivity index (χ1v) is 5.55. The van der Waals surface area contributed by atoms with E-state index in [-0.39, 0.29) is 11.7 Å². The van der Waals surface area contributed by atoms with Gasteiger partial charge >= 0.3 is 0 Å². The number of para-hydroxylation sites is 1. The molecule has 1 atom stereocenters. The Morgan fingerprint density at radius 1 is 1.47 bits per heavy atom. The summed E-state index contributed by atoms with van der Waals surface area (Å²) in [5.41, 5.74) is 6.37. The maximum absolute atomic E-state index is 9.80. The van der Waals surface area contributed by atoms with Crippen molar-refractivity contribution in [2.24, 2.45) is 0 Å². The zero-order valence-electron chi connectivity index (χ0n) is 9.84. The van der Waals surface area contributed by atoms with Gasteiger partial charge in [-0.25, -0.2) is 0 Å². The van der Waals surface area contributed by atoms with Crippen molar-refractivity contribution in [3.63, 3.8) is 0 Å².